The Bertz CT molecular complexity index is 1420. The van der Waals surface area contributed by atoms with Crippen LogP contribution < -0.4 is 16.4 Å². The molecule has 0 bridgehead atoms. The number of fused-ring (bicyclic) bond motifs is 2. The zero-order valence-electron chi connectivity index (χ0n) is 18.1. The highest BCUT2D eigenvalue weighted by atomic mass is 16.5. The number of hydrogen-bond donors (Lipinski definition) is 2. The number of aromatic nitrogens is 4. The second-order valence-corrected chi connectivity index (χ2v) is 7.69. The molecule has 1 amide bonds. The maximum Gasteiger partial charge on any atom is 0.267 e. The minimum atomic E-state index is -0.560. The standard InChI is InChI=1S/C22H24N6O4/c1-13(2)31-10-6-9-28-19(23)15(21(29)24-17-11-14(3)32-26-17)12-16-20(28)25-18-7-4-5-8-27(18)22(16)30/h4-5,7-8,11-13,23H,6,9-10H2,1-3H3,(H,24,26,29). The first-order valence-electron chi connectivity index (χ1n) is 10.3. The molecular weight excluding hydrogens is 412 g/mol. The predicted molar refractivity (Wildman–Crippen MR) is 118 cm³/mol. The lowest BCUT2D eigenvalue weighted by atomic mass is 10.2. The minimum Gasteiger partial charge on any atom is -0.379 e. The van der Waals surface area contributed by atoms with Crippen molar-refractivity contribution in [2.24, 2.45) is 0 Å². The number of rotatable bonds is 7. The number of nitrogens with one attached hydrogen (secondary N) is 2. The number of nitrogens with zero attached hydrogens (tertiary/aromatic N) is 4. The Morgan fingerprint density at radius 1 is 1.31 bits per heavy atom. The lowest BCUT2D eigenvalue weighted by molar-refractivity contribution is 0.0748. The Morgan fingerprint density at radius 3 is 2.84 bits per heavy atom. The first kappa shape index (κ1) is 21.4. The largest absolute Gasteiger partial charge is 0.379 e. The molecule has 0 aromatic carbocycles. The molecule has 166 valence electrons. The predicted octanol–water partition coefficient (Wildman–Crippen LogP) is 2.49. The van der Waals surface area contributed by atoms with Gasteiger partial charge in [-0.2, -0.15) is 0 Å². The molecule has 2 N–H and O–H groups in total. The van der Waals surface area contributed by atoms with Crippen molar-refractivity contribution in [3.05, 3.63) is 63.7 Å². The molecule has 32 heavy (non-hydrogen) atoms. The summed E-state index contributed by atoms with van der Waals surface area (Å²) in [5.41, 5.74) is 0.491. The summed E-state index contributed by atoms with van der Waals surface area (Å²) >= 11 is 0. The van der Waals surface area contributed by atoms with Crippen LogP contribution in [0.4, 0.5) is 5.82 Å². The topological polar surface area (TPSA) is 128 Å². The van der Waals surface area contributed by atoms with Gasteiger partial charge in [-0.3, -0.25) is 19.4 Å². The van der Waals surface area contributed by atoms with Crippen LogP contribution in [0.2, 0.25) is 0 Å². The zero-order valence-corrected chi connectivity index (χ0v) is 18.1. The number of pyridine rings is 2. The van der Waals surface area contributed by atoms with E-state index in [4.69, 9.17) is 14.7 Å². The SMILES string of the molecule is Cc1cc(NC(=O)c2cc3c(=O)n4ccccc4nc3n(CCCOC(C)C)c2=N)no1. The van der Waals surface area contributed by atoms with Crippen LogP contribution in [0, 0.1) is 12.3 Å². The molecule has 4 heterocycles. The summed E-state index contributed by atoms with van der Waals surface area (Å²) in [5.74, 6) is 0.214. The van der Waals surface area contributed by atoms with Crippen LogP contribution in [0.25, 0.3) is 16.7 Å². The van der Waals surface area contributed by atoms with Crippen LogP contribution in [-0.4, -0.2) is 37.7 Å². The molecule has 0 atom stereocenters. The van der Waals surface area contributed by atoms with Gasteiger partial charge in [0.05, 0.1) is 17.1 Å². The van der Waals surface area contributed by atoms with Crippen molar-refractivity contribution in [2.45, 2.75) is 39.8 Å². The van der Waals surface area contributed by atoms with E-state index in [1.807, 2.05) is 13.8 Å². The van der Waals surface area contributed by atoms with Gasteiger partial charge in [-0.05, 0) is 45.4 Å². The van der Waals surface area contributed by atoms with Gasteiger partial charge in [0.2, 0.25) is 0 Å². The normalized spacial score (nSPS) is 11.5. The zero-order chi connectivity index (χ0) is 22.8. The van der Waals surface area contributed by atoms with Crippen LogP contribution >= 0.6 is 0 Å². The van der Waals surface area contributed by atoms with E-state index < -0.39 is 5.91 Å². The first-order valence-corrected chi connectivity index (χ1v) is 10.3. The van der Waals surface area contributed by atoms with Gasteiger partial charge in [0.1, 0.15) is 22.5 Å². The molecule has 0 aliphatic carbocycles. The average molecular weight is 436 g/mol. The van der Waals surface area contributed by atoms with E-state index in [0.29, 0.717) is 36.6 Å². The molecule has 4 aromatic rings. The fourth-order valence-corrected chi connectivity index (χ4v) is 3.43. The molecule has 0 radical (unpaired) electrons. The number of aryl methyl sites for hydroxylation is 2. The Labute approximate surface area is 183 Å². The number of anilines is 1. The second kappa shape index (κ2) is 8.75. The lowest BCUT2D eigenvalue weighted by Crippen LogP contribution is -2.32. The smallest absolute Gasteiger partial charge is 0.267 e. The van der Waals surface area contributed by atoms with Gasteiger partial charge in [-0.1, -0.05) is 11.2 Å². The first-order chi connectivity index (χ1) is 15.3. The molecule has 4 rings (SSSR count). The van der Waals surface area contributed by atoms with Crippen LogP contribution in [0.1, 0.15) is 36.4 Å². The molecule has 0 saturated carbocycles. The molecule has 0 unspecified atom stereocenters. The van der Waals surface area contributed by atoms with Gasteiger partial charge in [0.15, 0.2) is 5.82 Å². The molecule has 10 nitrogen and oxygen atoms in total. The van der Waals surface area contributed by atoms with E-state index >= 15 is 0 Å². The molecule has 0 aliphatic heterocycles. The third-order valence-corrected chi connectivity index (χ3v) is 4.91. The Kier molecular flexibility index (Phi) is 5.87. The fourth-order valence-electron chi connectivity index (χ4n) is 3.43. The number of carbonyl (C=O) groups excluding carboxylic acids is 1. The number of carbonyl (C=O) groups is 1. The molecule has 0 aliphatic rings. The minimum absolute atomic E-state index is 0.0395. The quantitative estimate of drug-likeness (QED) is 0.338. The molecule has 0 spiro atoms. The van der Waals surface area contributed by atoms with Crippen LogP contribution in [0.15, 0.2) is 45.8 Å². The number of ether oxygens (including phenoxy) is 1. The summed E-state index contributed by atoms with van der Waals surface area (Å²) in [6.07, 6.45) is 2.30. The van der Waals surface area contributed by atoms with Crippen molar-refractivity contribution in [1.29, 1.82) is 5.41 Å². The summed E-state index contributed by atoms with van der Waals surface area (Å²) < 4.78 is 13.6. The van der Waals surface area contributed by atoms with E-state index in [2.05, 4.69) is 15.5 Å². The molecular formula is C22H24N6O4. The van der Waals surface area contributed by atoms with Gasteiger partial charge < -0.3 is 19.1 Å². The van der Waals surface area contributed by atoms with E-state index in [1.54, 1.807) is 42.0 Å². The lowest BCUT2D eigenvalue weighted by Gasteiger charge is -2.15. The highest BCUT2D eigenvalue weighted by Gasteiger charge is 2.18. The maximum atomic E-state index is 13.2. The monoisotopic (exact) mass is 436 g/mol. The van der Waals surface area contributed by atoms with Crippen LogP contribution in [-0.2, 0) is 11.3 Å². The third-order valence-electron chi connectivity index (χ3n) is 4.91. The highest BCUT2D eigenvalue weighted by Crippen LogP contribution is 2.13. The summed E-state index contributed by atoms with van der Waals surface area (Å²) in [5, 5.41) is 15.3. The van der Waals surface area contributed by atoms with Crippen molar-refractivity contribution >= 4 is 28.4 Å². The van der Waals surface area contributed by atoms with Gasteiger partial charge in [-0.25, -0.2) is 4.98 Å². The van der Waals surface area contributed by atoms with E-state index in [-0.39, 0.29) is 33.9 Å². The summed E-state index contributed by atoms with van der Waals surface area (Å²) in [7, 11) is 0. The number of hydrogen-bond acceptors (Lipinski definition) is 7. The summed E-state index contributed by atoms with van der Waals surface area (Å²) in [6.45, 7) is 6.45. The van der Waals surface area contributed by atoms with Crippen LogP contribution in [0.5, 0.6) is 0 Å². The number of amides is 1. The Balaban J connectivity index is 1.84. The summed E-state index contributed by atoms with van der Waals surface area (Å²) in [6, 6.07) is 8.24. The van der Waals surface area contributed by atoms with Crippen molar-refractivity contribution in [1.82, 2.24) is 19.1 Å². The Morgan fingerprint density at radius 2 is 2.12 bits per heavy atom. The second-order valence-electron chi connectivity index (χ2n) is 7.69. The highest BCUT2D eigenvalue weighted by molar-refractivity contribution is 6.05. The molecule has 4 aromatic heterocycles. The van der Waals surface area contributed by atoms with Gasteiger partial charge in [0, 0.05) is 25.4 Å². The van der Waals surface area contributed by atoms with Crippen molar-refractivity contribution in [3.63, 3.8) is 0 Å². The van der Waals surface area contributed by atoms with Crippen molar-refractivity contribution < 1.29 is 14.1 Å². The Hall–Kier alpha value is -3.79. The maximum absolute atomic E-state index is 13.2. The molecule has 0 fully saturated rings. The molecule has 0 saturated heterocycles. The average Bonchev–Trinajstić information content (AvgIpc) is 3.16. The van der Waals surface area contributed by atoms with E-state index in [1.165, 1.54) is 10.5 Å². The summed E-state index contributed by atoms with van der Waals surface area (Å²) in [4.78, 5) is 30.7. The molecule has 10 heteroatoms. The van der Waals surface area contributed by atoms with Gasteiger partial charge in [0.25, 0.3) is 11.5 Å². The van der Waals surface area contributed by atoms with Crippen molar-refractivity contribution in [2.75, 3.05) is 11.9 Å². The van der Waals surface area contributed by atoms with Crippen LogP contribution in [0.3, 0.4) is 0 Å². The van der Waals surface area contributed by atoms with E-state index in [0.717, 1.165) is 0 Å². The van der Waals surface area contributed by atoms with Gasteiger partial charge in [-0.15, -0.1) is 0 Å². The van der Waals surface area contributed by atoms with Crippen molar-refractivity contribution in [3.8, 4) is 0 Å². The van der Waals surface area contributed by atoms with Gasteiger partial charge >= 0.3 is 0 Å². The van der Waals surface area contributed by atoms with E-state index in [9.17, 15) is 9.59 Å². The third kappa shape index (κ3) is 4.17. The fraction of sp³-hybridized carbons (Fsp3) is 0.318.